The Morgan fingerprint density at radius 3 is 3.22 bits per heavy atom. The van der Waals surface area contributed by atoms with E-state index in [1.54, 1.807) is 0 Å². The summed E-state index contributed by atoms with van der Waals surface area (Å²) in [7, 11) is 0. The normalized spacial score (nSPS) is 24.7. The summed E-state index contributed by atoms with van der Waals surface area (Å²) in [6, 6.07) is 6.51. The number of hydrogen-bond acceptors (Lipinski definition) is 4. The Hall–Kier alpha value is -1.59. The van der Waals surface area contributed by atoms with Crippen molar-refractivity contribution in [3.05, 3.63) is 30.6 Å². The molecule has 2 aromatic rings. The van der Waals surface area contributed by atoms with Crippen LogP contribution in [0.15, 0.2) is 30.6 Å². The van der Waals surface area contributed by atoms with Crippen LogP contribution in [0.25, 0.3) is 5.65 Å². The number of anilines is 1. The number of pyridine rings is 1. The molecule has 18 heavy (non-hydrogen) atoms. The predicted molar refractivity (Wildman–Crippen MR) is 70.8 cm³/mol. The van der Waals surface area contributed by atoms with Gasteiger partial charge in [-0.25, -0.2) is 4.98 Å². The van der Waals surface area contributed by atoms with Gasteiger partial charge in [-0.05, 0) is 19.1 Å². The molecule has 1 aliphatic heterocycles. The van der Waals surface area contributed by atoms with Crippen molar-refractivity contribution in [2.45, 2.75) is 19.1 Å². The summed E-state index contributed by atoms with van der Waals surface area (Å²) in [6.07, 6.45) is 3.93. The van der Waals surface area contributed by atoms with Crippen LogP contribution in [0.1, 0.15) is 6.92 Å². The molecule has 1 aliphatic rings. The van der Waals surface area contributed by atoms with E-state index in [2.05, 4.69) is 27.3 Å². The molecule has 3 rings (SSSR count). The number of nitrogens with two attached hydrogens (primary N) is 1. The maximum absolute atomic E-state index is 5.71. The lowest BCUT2D eigenvalue weighted by Crippen LogP contribution is -2.51. The standard InChI is InChI=1S/C13H18N4O/c1-10-9-18-11(7-14)8-17(10)13-4-2-3-12-15-5-6-16(12)13/h2-6,10-11H,7-9,14H2,1H3. The first-order valence-corrected chi connectivity index (χ1v) is 6.30. The van der Waals surface area contributed by atoms with Crippen LogP contribution in [0.4, 0.5) is 5.82 Å². The van der Waals surface area contributed by atoms with E-state index in [0.29, 0.717) is 19.2 Å². The highest BCUT2D eigenvalue weighted by molar-refractivity contribution is 5.52. The lowest BCUT2D eigenvalue weighted by molar-refractivity contribution is 0.0279. The van der Waals surface area contributed by atoms with Gasteiger partial charge in [-0.15, -0.1) is 0 Å². The fourth-order valence-corrected chi connectivity index (χ4v) is 2.45. The van der Waals surface area contributed by atoms with Crippen LogP contribution in [0, 0.1) is 0 Å². The fraction of sp³-hybridized carbons (Fsp3) is 0.462. The second kappa shape index (κ2) is 4.59. The molecule has 0 radical (unpaired) electrons. The molecule has 5 heteroatoms. The Morgan fingerprint density at radius 1 is 1.50 bits per heavy atom. The number of hydrogen-bond donors (Lipinski definition) is 1. The van der Waals surface area contributed by atoms with Gasteiger partial charge in [0.15, 0.2) is 0 Å². The Labute approximate surface area is 106 Å². The highest BCUT2D eigenvalue weighted by Gasteiger charge is 2.26. The van der Waals surface area contributed by atoms with Gasteiger partial charge >= 0.3 is 0 Å². The van der Waals surface area contributed by atoms with Gasteiger partial charge in [0, 0.05) is 25.5 Å². The second-order valence-corrected chi connectivity index (χ2v) is 4.73. The lowest BCUT2D eigenvalue weighted by Gasteiger charge is -2.39. The van der Waals surface area contributed by atoms with Gasteiger partial charge in [0.25, 0.3) is 0 Å². The molecule has 0 bridgehead atoms. The summed E-state index contributed by atoms with van der Waals surface area (Å²) in [6.45, 7) is 4.27. The van der Waals surface area contributed by atoms with E-state index in [0.717, 1.165) is 18.0 Å². The molecule has 0 spiro atoms. The summed E-state index contributed by atoms with van der Waals surface area (Å²) >= 11 is 0. The number of nitrogens with zero attached hydrogens (tertiary/aromatic N) is 3. The van der Waals surface area contributed by atoms with Crippen LogP contribution < -0.4 is 10.6 Å². The molecule has 2 unspecified atom stereocenters. The summed E-state index contributed by atoms with van der Waals surface area (Å²) in [5.74, 6) is 1.15. The number of imidazole rings is 1. The minimum Gasteiger partial charge on any atom is -0.373 e. The molecule has 1 fully saturated rings. The zero-order valence-electron chi connectivity index (χ0n) is 10.5. The minimum absolute atomic E-state index is 0.111. The van der Waals surface area contributed by atoms with Gasteiger partial charge in [0.2, 0.25) is 0 Å². The molecule has 0 saturated carbocycles. The third kappa shape index (κ3) is 1.85. The van der Waals surface area contributed by atoms with Crippen molar-refractivity contribution in [1.82, 2.24) is 9.38 Å². The van der Waals surface area contributed by atoms with E-state index >= 15 is 0 Å². The molecule has 1 saturated heterocycles. The molecule has 0 amide bonds. The number of morpholine rings is 1. The average molecular weight is 246 g/mol. The zero-order chi connectivity index (χ0) is 12.5. The van der Waals surface area contributed by atoms with Crippen LogP contribution in [0.5, 0.6) is 0 Å². The quantitative estimate of drug-likeness (QED) is 0.855. The molecule has 5 nitrogen and oxygen atoms in total. The van der Waals surface area contributed by atoms with Crippen molar-refractivity contribution >= 4 is 11.5 Å². The summed E-state index contributed by atoms with van der Waals surface area (Å²) in [5.41, 5.74) is 6.68. The molecule has 2 atom stereocenters. The highest BCUT2D eigenvalue weighted by Crippen LogP contribution is 2.22. The van der Waals surface area contributed by atoms with Crippen LogP contribution in [0.3, 0.4) is 0 Å². The Balaban J connectivity index is 1.99. The van der Waals surface area contributed by atoms with Crippen molar-refractivity contribution in [3.63, 3.8) is 0 Å². The first-order valence-electron chi connectivity index (χ1n) is 6.30. The first kappa shape index (κ1) is 11.5. The minimum atomic E-state index is 0.111. The van der Waals surface area contributed by atoms with Crippen molar-refractivity contribution in [1.29, 1.82) is 0 Å². The maximum Gasteiger partial charge on any atom is 0.138 e. The van der Waals surface area contributed by atoms with E-state index in [-0.39, 0.29) is 6.10 Å². The summed E-state index contributed by atoms with van der Waals surface area (Å²) < 4.78 is 7.80. The summed E-state index contributed by atoms with van der Waals surface area (Å²) in [5, 5.41) is 0. The average Bonchev–Trinajstić information content (AvgIpc) is 2.87. The molecule has 0 aromatic carbocycles. The number of fused-ring (bicyclic) bond motifs is 1. The van der Waals surface area contributed by atoms with Gasteiger partial charge in [-0.3, -0.25) is 4.40 Å². The SMILES string of the molecule is CC1COC(CN)CN1c1cccc2nccn12. The van der Waals surface area contributed by atoms with Crippen LogP contribution >= 0.6 is 0 Å². The van der Waals surface area contributed by atoms with E-state index in [1.165, 1.54) is 0 Å². The largest absolute Gasteiger partial charge is 0.373 e. The molecule has 2 N–H and O–H groups in total. The molecule has 96 valence electrons. The summed E-state index contributed by atoms with van der Waals surface area (Å²) in [4.78, 5) is 6.66. The van der Waals surface area contributed by atoms with Gasteiger partial charge in [0.1, 0.15) is 11.5 Å². The van der Waals surface area contributed by atoms with Crippen molar-refractivity contribution in [2.24, 2.45) is 5.73 Å². The first-order chi connectivity index (χ1) is 8.79. The zero-order valence-corrected chi connectivity index (χ0v) is 10.5. The monoisotopic (exact) mass is 246 g/mol. The number of rotatable bonds is 2. The van der Waals surface area contributed by atoms with Crippen LogP contribution in [0.2, 0.25) is 0 Å². The van der Waals surface area contributed by atoms with E-state index < -0.39 is 0 Å². The second-order valence-electron chi connectivity index (χ2n) is 4.73. The van der Waals surface area contributed by atoms with Crippen LogP contribution in [-0.4, -0.2) is 41.2 Å². The van der Waals surface area contributed by atoms with Crippen molar-refractivity contribution in [2.75, 3.05) is 24.6 Å². The molecule has 3 heterocycles. The Bertz CT molecular complexity index is 539. The van der Waals surface area contributed by atoms with Crippen LogP contribution in [-0.2, 0) is 4.74 Å². The Morgan fingerprint density at radius 2 is 2.39 bits per heavy atom. The third-order valence-electron chi connectivity index (χ3n) is 3.47. The lowest BCUT2D eigenvalue weighted by atomic mass is 10.2. The topological polar surface area (TPSA) is 55.8 Å². The molecule has 0 aliphatic carbocycles. The van der Waals surface area contributed by atoms with Gasteiger partial charge in [0.05, 0.1) is 18.8 Å². The van der Waals surface area contributed by atoms with Crippen molar-refractivity contribution in [3.8, 4) is 0 Å². The molecular formula is C13H18N4O. The Kier molecular flexibility index (Phi) is 2.93. The fourth-order valence-electron chi connectivity index (χ4n) is 2.45. The van der Waals surface area contributed by atoms with Crippen molar-refractivity contribution < 1.29 is 4.74 Å². The third-order valence-corrected chi connectivity index (χ3v) is 3.47. The van der Waals surface area contributed by atoms with Gasteiger partial charge in [-0.2, -0.15) is 0 Å². The van der Waals surface area contributed by atoms with E-state index in [9.17, 15) is 0 Å². The van der Waals surface area contributed by atoms with Gasteiger partial charge in [-0.1, -0.05) is 6.07 Å². The smallest absolute Gasteiger partial charge is 0.138 e. The number of ether oxygens (including phenoxy) is 1. The highest BCUT2D eigenvalue weighted by atomic mass is 16.5. The predicted octanol–water partition coefficient (Wildman–Crippen LogP) is 0.887. The number of aromatic nitrogens is 2. The molecular weight excluding hydrogens is 228 g/mol. The molecule has 2 aromatic heterocycles. The van der Waals surface area contributed by atoms with E-state index in [1.807, 2.05) is 24.5 Å². The maximum atomic E-state index is 5.71. The van der Waals surface area contributed by atoms with Gasteiger partial charge < -0.3 is 15.4 Å². The van der Waals surface area contributed by atoms with E-state index in [4.69, 9.17) is 10.5 Å².